The monoisotopic (exact) mass is 351 g/mol. The number of benzene rings is 1. The van der Waals surface area contributed by atoms with Crippen molar-refractivity contribution < 1.29 is 19.4 Å². The third-order valence-electron chi connectivity index (χ3n) is 4.60. The molecule has 1 saturated heterocycles. The molecule has 1 fully saturated rings. The van der Waals surface area contributed by atoms with Crippen LogP contribution in [-0.4, -0.2) is 36.5 Å². The average molecular weight is 351 g/mol. The van der Waals surface area contributed by atoms with Crippen molar-refractivity contribution in [2.24, 2.45) is 11.8 Å². The molecular weight excluding hydrogens is 326 g/mol. The normalized spacial score (nSPS) is 17.9. The van der Waals surface area contributed by atoms with E-state index in [-0.39, 0.29) is 18.2 Å². The number of hydrogen-bond donors (Lipinski definition) is 2. The van der Waals surface area contributed by atoms with Gasteiger partial charge in [0.1, 0.15) is 0 Å². The molecule has 24 heavy (non-hydrogen) atoms. The molecule has 1 amide bonds. The number of carboxylic acids is 1. The quantitative estimate of drug-likeness (QED) is 0.738. The molecule has 1 heterocycles. The number of rotatable bonds is 7. The molecule has 1 aliphatic rings. The Hall–Kier alpha value is -1.53. The van der Waals surface area contributed by atoms with Crippen LogP contribution in [0.25, 0.3) is 0 Å². The maximum Gasteiger partial charge on any atom is 0.305 e. The number of hydrogen-bond acceptors (Lipinski definition) is 4. The number of carboxylic acid groups (broad SMARTS) is 1. The van der Waals surface area contributed by atoms with E-state index in [2.05, 4.69) is 5.32 Å². The second-order valence-electron chi connectivity index (χ2n) is 6.17. The predicted molar refractivity (Wildman–Crippen MR) is 94.1 cm³/mol. The fourth-order valence-electron chi connectivity index (χ4n) is 3.00. The van der Waals surface area contributed by atoms with Gasteiger partial charge >= 0.3 is 5.97 Å². The number of thioether (sulfide) groups is 1. The largest absolute Gasteiger partial charge is 0.481 e. The topological polar surface area (TPSA) is 75.6 Å². The maximum absolute atomic E-state index is 12.6. The number of ether oxygens (including phenoxy) is 1. The Bertz CT molecular complexity index is 555. The van der Waals surface area contributed by atoms with E-state index in [1.807, 2.05) is 37.4 Å². The molecule has 2 N–H and O–H groups in total. The number of carbonyl (C=O) groups is 2. The van der Waals surface area contributed by atoms with E-state index in [1.165, 1.54) is 0 Å². The molecule has 6 heteroatoms. The third kappa shape index (κ3) is 5.24. The summed E-state index contributed by atoms with van der Waals surface area (Å²) < 4.78 is 5.34. The summed E-state index contributed by atoms with van der Waals surface area (Å²) in [5.74, 6) is -0.853. The molecule has 0 aliphatic carbocycles. The second kappa shape index (κ2) is 9.08. The number of aliphatic carboxylic acids is 1. The zero-order chi connectivity index (χ0) is 17.5. The molecule has 5 nitrogen and oxygen atoms in total. The summed E-state index contributed by atoms with van der Waals surface area (Å²) in [6.07, 6.45) is 3.62. The second-order valence-corrected chi connectivity index (χ2v) is 7.05. The summed E-state index contributed by atoms with van der Waals surface area (Å²) in [6.45, 7) is 3.30. The minimum Gasteiger partial charge on any atom is -0.481 e. The molecule has 2 unspecified atom stereocenters. The van der Waals surface area contributed by atoms with Crippen LogP contribution < -0.4 is 5.32 Å². The number of nitrogens with one attached hydrogen (secondary N) is 1. The number of amides is 1. The fourth-order valence-corrected chi connectivity index (χ4v) is 3.40. The predicted octanol–water partition coefficient (Wildman–Crippen LogP) is 3.10. The van der Waals surface area contributed by atoms with Crippen molar-refractivity contribution in [2.45, 2.75) is 37.1 Å². The highest BCUT2D eigenvalue weighted by Crippen LogP contribution is 2.26. The van der Waals surface area contributed by atoms with Gasteiger partial charge < -0.3 is 15.2 Å². The minimum atomic E-state index is -0.923. The van der Waals surface area contributed by atoms with Crippen LogP contribution in [0.5, 0.6) is 0 Å². The van der Waals surface area contributed by atoms with Crippen molar-refractivity contribution in [3.8, 4) is 0 Å². The van der Waals surface area contributed by atoms with E-state index in [0.717, 1.165) is 23.3 Å². The molecule has 0 radical (unpaired) electrons. The smallest absolute Gasteiger partial charge is 0.305 e. The van der Waals surface area contributed by atoms with Gasteiger partial charge in [-0.25, -0.2) is 0 Å². The zero-order valence-electron chi connectivity index (χ0n) is 14.2. The lowest BCUT2D eigenvalue weighted by molar-refractivity contribution is -0.138. The molecule has 2 atom stereocenters. The van der Waals surface area contributed by atoms with E-state index < -0.39 is 12.0 Å². The molecule has 0 spiro atoms. The van der Waals surface area contributed by atoms with Crippen molar-refractivity contribution in [1.82, 2.24) is 5.32 Å². The average Bonchev–Trinajstić information content (AvgIpc) is 2.61. The molecule has 1 aromatic rings. The molecule has 0 saturated carbocycles. The summed E-state index contributed by atoms with van der Waals surface area (Å²) in [4.78, 5) is 24.9. The van der Waals surface area contributed by atoms with Crippen LogP contribution in [0.4, 0.5) is 0 Å². The first-order chi connectivity index (χ1) is 11.5. The molecule has 1 aromatic carbocycles. The van der Waals surface area contributed by atoms with Gasteiger partial charge in [-0.3, -0.25) is 9.59 Å². The summed E-state index contributed by atoms with van der Waals surface area (Å²) in [5.41, 5.74) is 0.822. The van der Waals surface area contributed by atoms with E-state index in [9.17, 15) is 14.7 Å². The Morgan fingerprint density at radius 3 is 2.46 bits per heavy atom. The first kappa shape index (κ1) is 18.8. The van der Waals surface area contributed by atoms with Crippen molar-refractivity contribution in [1.29, 1.82) is 0 Å². The molecule has 0 bridgehead atoms. The van der Waals surface area contributed by atoms with E-state index in [1.54, 1.807) is 11.8 Å². The van der Waals surface area contributed by atoms with Gasteiger partial charge in [-0.05, 0) is 42.7 Å². The van der Waals surface area contributed by atoms with Crippen molar-refractivity contribution in [3.63, 3.8) is 0 Å². The first-order valence-corrected chi connectivity index (χ1v) is 9.47. The minimum absolute atomic E-state index is 0.0814. The summed E-state index contributed by atoms with van der Waals surface area (Å²) in [5, 5.41) is 12.1. The molecule has 0 aromatic heterocycles. The Labute approximate surface area is 147 Å². The third-order valence-corrected chi connectivity index (χ3v) is 5.34. The van der Waals surface area contributed by atoms with Crippen LogP contribution in [0.15, 0.2) is 29.2 Å². The lowest BCUT2D eigenvalue weighted by atomic mass is 9.86. The summed E-state index contributed by atoms with van der Waals surface area (Å²) in [6, 6.07) is 7.16. The molecular formula is C18H25NO4S. The van der Waals surface area contributed by atoms with Gasteiger partial charge in [0.2, 0.25) is 5.91 Å². The highest BCUT2D eigenvalue weighted by atomic mass is 32.2. The zero-order valence-corrected chi connectivity index (χ0v) is 15.0. The van der Waals surface area contributed by atoms with Crippen LogP contribution in [-0.2, 0) is 14.3 Å². The van der Waals surface area contributed by atoms with Gasteiger partial charge in [0.25, 0.3) is 0 Å². The Kier molecular flexibility index (Phi) is 7.12. The first-order valence-electron chi connectivity index (χ1n) is 8.25. The molecule has 2 rings (SSSR count). The fraction of sp³-hybridized carbons (Fsp3) is 0.556. The van der Waals surface area contributed by atoms with Crippen LogP contribution in [0.1, 0.15) is 37.8 Å². The van der Waals surface area contributed by atoms with Gasteiger partial charge in [-0.15, -0.1) is 11.8 Å². The van der Waals surface area contributed by atoms with Gasteiger partial charge in [0, 0.05) is 24.0 Å². The highest BCUT2D eigenvalue weighted by Gasteiger charge is 2.28. The van der Waals surface area contributed by atoms with Crippen LogP contribution >= 0.6 is 11.8 Å². The summed E-state index contributed by atoms with van der Waals surface area (Å²) in [7, 11) is 0. The maximum atomic E-state index is 12.6. The van der Waals surface area contributed by atoms with Gasteiger partial charge in [-0.1, -0.05) is 19.1 Å². The van der Waals surface area contributed by atoms with Crippen molar-refractivity contribution in [2.75, 3.05) is 19.5 Å². The van der Waals surface area contributed by atoms with Crippen LogP contribution in [0.3, 0.4) is 0 Å². The van der Waals surface area contributed by atoms with Crippen LogP contribution in [0.2, 0.25) is 0 Å². The van der Waals surface area contributed by atoms with Crippen molar-refractivity contribution in [3.05, 3.63) is 29.8 Å². The van der Waals surface area contributed by atoms with Crippen molar-refractivity contribution >= 4 is 23.6 Å². The lowest BCUT2D eigenvalue weighted by Crippen LogP contribution is -2.38. The lowest BCUT2D eigenvalue weighted by Gasteiger charge is -2.28. The van der Waals surface area contributed by atoms with E-state index in [0.29, 0.717) is 19.1 Å². The molecule has 1 aliphatic heterocycles. The molecule has 132 valence electrons. The van der Waals surface area contributed by atoms with Gasteiger partial charge in [0.15, 0.2) is 0 Å². The summed E-state index contributed by atoms with van der Waals surface area (Å²) >= 11 is 1.63. The SMILES string of the molecule is CSc1ccc(C(CC(=O)O)NC(=O)C(C)C2CCOCC2)cc1. The van der Waals surface area contributed by atoms with Gasteiger partial charge in [0.05, 0.1) is 12.5 Å². The van der Waals surface area contributed by atoms with E-state index >= 15 is 0 Å². The Morgan fingerprint density at radius 1 is 1.29 bits per heavy atom. The number of carbonyl (C=O) groups excluding carboxylic acids is 1. The van der Waals surface area contributed by atoms with Gasteiger partial charge in [-0.2, -0.15) is 0 Å². The van der Waals surface area contributed by atoms with E-state index in [4.69, 9.17) is 4.74 Å². The standard InChI is InChI=1S/C18H25NO4S/c1-12(13-7-9-23-10-8-13)18(22)19-16(11-17(20)21)14-3-5-15(24-2)6-4-14/h3-6,12-13,16H,7-11H2,1-2H3,(H,19,22)(H,20,21). The van der Waals surface area contributed by atoms with Crippen LogP contribution in [0, 0.1) is 11.8 Å². The Morgan fingerprint density at radius 2 is 1.92 bits per heavy atom. The Balaban J connectivity index is 2.06. The highest BCUT2D eigenvalue weighted by molar-refractivity contribution is 7.98.